The number of benzene rings is 3. The minimum atomic E-state index is -4.75. The summed E-state index contributed by atoms with van der Waals surface area (Å²) in [6, 6.07) is 12.8. The quantitative estimate of drug-likeness (QED) is 0.263. The van der Waals surface area contributed by atoms with Gasteiger partial charge in [-0.2, -0.15) is 0 Å². The highest BCUT2D eigenvalue weighted by Crippen LogP contribution is 2.36. The van der Waals surface area contributed by atoms with E-state index in [9.17, 15) is 18.0 Å². The molecule has 0 bridgehead atoms. The number of carboxylic acids is 1. The van der Waals surface area contributed by atoms with E-state index in [-0.39, 0.29) is 34.6 Å². The monoisotopic (exact) mass is 558 g/mol. The largest absolute Gasteiger partial charge is 0.573 e. The van der Waals surface area contributed by atoms with Crippen LogP contribution in [0.1, 0.15) is 16.7 Å². The molecule has 12 heteroatoms. The number of nitrogens with one attached hydrogen (secondary N) is 1. The molecular weight excluding hydrogens is 536 g/mol. The van der Waals surface area contributed by atoms with Crippen LogP contribution in [0.4, 0.5) is 18.9 Å². The number of carbonyl (C=O) groups is 1. The zero-order valence-corrected chi connectivity index (χ0v) is 21.0. The minimum absolute atomic E-state index is 0.0440. The molecule has 0 spiro atoms. The van der Waals surface area contributed by atoms with Gasteiger partial charge >= 0.3 is 12.3 Å². The normalized spacial score (nSPS) is 12.1. The van der Waals surface area contributed by atoms with Crippen LogP contribution >= 0.6 is 23.2 Å². The molecule has 0 saturated carbocycles. The highest BCUT2D eigenvalue weighted by Gasteiger charge is 2.30. The Morgan fingerprint density at radius 2 is 1.65 bits per heavy atom. The summed E-state index contributed by atoms with van der Waals surface area (Å²) in [5.74, 6) is -0.659. The van der Waals surface area contributed by atoms with Crippen LogP contribution < -0.4 is 25.3 Å². The lowest BCUT2D eigenvalue weighted by Crippen LogP contribution is -2.32. The number of halogens is 5. The minimum Gasteiger partial charge on any atom is -0.497 e. The molecule has 0 aliphatic rings. The van der Waals surface area contributed by atoms with Crippen molar-refractivity contribution in [3.8, 4) is 17.2 Å². The number of anilines is 1. The van der Waals surface area contributed by atoms with Crippen molar-refractivity contribution in [2.75, 3.05) is 12.4 Å². The fraction of sp³-hybridized carbons (Fsp3) is 0.240. The molecule has 37 heavy (non-hydrogen) atoms. The van der Waals surface area contributed by atoms with Crippen molar-refractivity contribution in [3.05, 3.63) is 81.3 Å². The van der Waals surface area contributed by atoms with E-state index < -0.39 is 18.4 Å². The van der Waals surface area contributed by atoms with E-state index >= 15 is 0 Å². The number of alkyl halides is 3. The van der Waals surface area contributed by atoms with Gasteiger partial charge in [0, 0.05) is 17.8 Å². The lowest BCUT2D eigenvalue weighted by Gasteiger charge is -2.17. The van der Waals surface area contributed by atoms with Gasteiger partial charge in [0.2, 0.25) is 0 Å². The molecule has 0 unspecified atom stereocenters. The van der Waals surface area contributed by atoms with E-state index in [2.05, 4.69) is 10.1 Å². The summed E-state index contributed by atoms with van der Waals surface area (Å²) in [6.45, 7) is 0.358. The first-order valence-corrected chi connectivity index (χ1v) is 11.6. The van der Waals surface area contributed by atoms with Crippen LogP contribution in [0.2, 0.25) is 10.0 Å². The average Bonchev–Trinajstić information content (AvgIpc) is 2.82. The fourth-order valence-corrected chi connectivity index (χ4v) is 4.00. The van der Waals surface area contributed by atoms with Crippen molar-refractivity contribution < 1.29 is 37.3 Å². The predicted molar refractivity (Wildman–Crippen MR) is 134 cm³/mol. The number of ether oxygens (including phenoxy) is 3. The lowest BCUT2D eigenvalue weighted by atomic mass is 10.1. The number of aliphatic carboxylic acids is 1. The molecule has 7 nitrogen and oxygen atoms in total. The predicted octanol–water partition coefficient (Wildman–Crippen LogP) is 6.05. The van der Waals surface area contributed by atoms with Crippen molar-refractivity contribution >= 4 is 34.9 Å². The Morgan fingerprint density at radius 1 is 1.03 bits per heavy atom. The molecule has 0 aromatic heterocycles. The van der Waals surface area contributed by atoms with E-state index in [0.717, 1.165) is 5.56 Å². The third-order valence-electron chi connectivity index (χ3n) is 5.16. The molecule has 3 aromatic carbocycles. The molecule has 0 amide bonds. The Labute approximate surface area is 220 Å². The number of nitrogens with two attached hydrogens (primary N) is 1. The van der Waals surface area contributed by atoms with Crippen molar-refractivity contribution in [1.29, 1.82) is 0 Å². The second-order valence-corrected chi connectivity index (χ2v) is 8.71. The van der Waals surface area contributed by atoms with Gasteiger partial charge in [-0.3, -0.25) is 4.79 Å². The summed E-state index contributed by atoms with van der Waals surface area (Å²) in [5, 5.41) is 12.6. The molecule has 0 saturated heterocycles. The first kappa shape index (κ1) is 28.2. The average molecular weight is 559 g/mol. The van der Waals surface area contributed by atoms with E-state index in [1.807, 2.05) is 0 Å². The second kappa shape index (κ2) is 12.3. The Morgan fingerprint density at radius 3 is 2.22 bits per heavy atom. The summed E-state index contributed by atoms with van der Waals surface area (Å²) < 4.78 is 52.2. The molecule has 3 aromatic rings. The highest BCUT2D eigenvalue weighted by atomic mass is 35.5. The maximum Gasteiger partial charge on any atom is 0.573 e. The smallest absolute Gasteiger partial charge is 0.497 e. The molecule has 4 N–H and O–H groups in total. The van der Waals surface area contributed by atoms with Gasteiger partial charge in [0.15, 0.2) is 5.75 Å². The van der Waals surface area contributed by atoms with Gasteiger partial charge in [-0.15, -0.1) is 13.2 Å². The maximum atomic E-state index is 12.4. The van der Waals surface area contributed by atoms with E-state index in [1.165, 1.54) is 31.4 Å². The first-order chi connectivity index (χ1) is 17.4. The lowest BCUT2D eigenvalue weighted by molar-refractivity contribution is -0.274. The molecular formula is C25H23Cl2F3N2O5. The molecule has 0 fully saturated rings. The fourth-order valence-electron chi connectivity index (χ4n) is 3.35. The SMILES string of the molecule is COc1ccc(NCc2ccc(OC(F)(F)F)cc2)c(COc2c(Cl)cc(C[C@H](N)C(=O)O)cc2Cl)c1. The molecule has 1 atom stereocenters. The van der Waals surface area contributed by atoms with E-state index in [4.69, 9.17) is 43.5 Å². The van der Waals surface area contributed by atoms with E-state index in [0.29, 0.717) is 29.1 Å². The van der Waals surface area contributed by atoms with Gasteiger partial charge < -0.3 is 30.4 Å². The summed E-state index contributed by atoms with van der Waals surface area (Å²) >= 11 is 12.7. The van der Waals surface area contributed by atoms with Gasteiger partial charge in [0.1, 0.15) is 24.1 Å². The number of hydrogen-bond acceptors (Lipinski definition) is 6. The summed E-state index contributed by atoms with van der Waals surface area (Å²) in [5.41, 5.74) is 8.23. The van der Waals surface area contributed by atoms with Crippen LogP contribution in [0.3, 0.4) is 0 Å². The van der Waals surface area contributed by atoms with Crippen molar-refractivity contribution in [3.63, 3.8) is 0 Å². The Balaban J connectivity index is 1.72. The van der Waals surface area contributed by atoms with Crippen molar-refractivity contribution in [1.82, 2.24) is 0 Å². The molecule has 198 valence electrons. The topological polar surface area (TPSA) is 103 Å². The van der Waals surface area contributed by atoms with Gasteiger partial charge in [-0.25, -0.2) is 0 Å². The second-order valence-electron chi connectivity index (χ2n) is 7.89. The van der Waals surface area contributed by atoms with Gasteiger partial charge in [-0.1, -0.05) is 35.3 Å². The number of hydrogen-bond donors (Lipinski definition) is 3. The Kier molecular flexibility index (Phi) is 9.36. The summed E-state index contributed by atoms with van der Waals surface area (Å²) in [6.07, 6.45) is -4.71. The molecule has 0 heterocycles. The van der Waals surface area contributed by atoms with Crippen LogP contribution in [0.5, 0.6) is 17.2 Å². The maximum absolute atomic E-state index is 12.4. The van der Waals surface area contributed by atoms with Crippen LogP contribution in [-0.2, 0) is 24.4 Å². The Bertz CT molecular complexity index is 1220. The number of methoxy groups -OCH3 is 1. The van der Waals surface area contributed by atoms with Crippen LogP contribution in [-0.4, -0.2) is 30.6 Å². The Hall–Kier alpha value is -3.34. The van der Waals surface area contributed by atoms with Gasteiger partial charge in [-0.05, 0) is 60.0 Å². The van der Waals surface area contributed by atoms with Crippen LogP contribution in [0.25, 0.3) is 0 Å². The summed E-state index contributed by atoms with van der Waals surface area (Å²) in [4.78, 5) is 11.0. The van der Waals surface area contributed by atoms with Gasteiger partial charge in [0.25, 0.3) is 0 Å². The van der Waals surface area contributed by atoms with Crippen LogP contribution in [0.15, 0.2) is 54.6 Å². The highest BCUT2D eigenvalue weighted by molar-refractivity contribution is 6.37. The third-order valence-corrected chi connectivity index (χ3v) is 5.72. The van der Waals surface area contributed by atoms with Crippen LogP contribution in [0, 0.1) is 0 Å². The molecule has 0 aliphatic carbocycles. The number of rotatable bonds is 11. The summed E-state index contributed by atoms with van der Waals surface area (Å²) in [7, 11) is 1.52. The van der Waals surface area contributed by atoms with Crippen molar-refractivity contribution in [2.45, 2.75) is 32.0 Å². The molecule has 0 aliphatic heterocycles. The van der Waals surface area contributed by atoms with Gasteiger partial charge in [0.05, 0.1) is 17.2 Å². The third kappa shape index (κ3) is 8.34. The first-order valence-electron chi connectivity index (χ1n) is 10.8. The zero-order chi connectivity index (χ0) is 27.2. The number of carboxylic acid groups (broad SMARTS) is 1. The molecule has 0 radical (unpaired) electrons. The van der Waals surface area contributed by atoms with Crippen molar-refractivity contribution in [2.24, 2.45) is 5.73 Å². The molecule has 3 rings (SSSR count). The zero-order valence-electron chi connectivity index (χ0n) is 19.4. The van der Waals surface area contributed by atoms with E-state index in [1.54, 1.807) is 30.3 Å². The standard InChI is InChI=1S/C25H23Cl2F3N2O5/c1-35-18-6-7-22(32-12-14-2-4-17(5-3-14)37-25(28,29)30)16(11-18)13-36-23-19(26)8-15(9-20(23)27)10-21(31)24(33)34/h2-9,11,21,32H,10,12-13,31H2,1H3,(H,33,34)/t21-/m0/s1.